The summed E-state index contributed by atoms with van der Waals surface area (Å²) in [5.74, 6) is -0.806. The average molecular weight is 457 g/mol. The first-order valence-corrected chi connectivity index (χ1v) is 9.43. The van der Waals surface area contributed by atoms with Crippen molar-refractivity contribution in [2.75, 3.05) is 38.2 Å². The molecule has 0 saturated carbocycles. The number of piperidine rings is 1. The van der Waals surface area contributed by atoms with E-state index in [1.165, 1.54) is 6.42 Å². The van der Waals surface area contributed by atoms with Crippen LogP contribution in [0.5, 0.6) is 0 Å². The minimum Gasteiger partial charge on any atom is -1.00 e. The quantitative estimate of drug-likeness (QED) is 0.237. The summed E-state index contributed by atoms with van der Waals surface area (Å²) < 4.78 is 11.4. The van der Waals surface area contributed by atoms with Gasteiger partial charge in [-0.25, -0.2) is 0 Å². The van der Waals surface area contributed by atoms with Crippen LogP contribution in [0.25, 0.3) is 0 Å². The van der Waals surface area contributed by atoms with Crippen molar-refractivity contribution in [2.45, 2.75) is 45.6 Å². The summed E-state index contributed by atoms with van der Waals surface area (Å²) in [5, 5.41) is 0.799. The van der Waals surface area contributed by atoms with Crippen LogP contribution in [-0.2, 0) is 19.1 Å². The fraction of sp³-hybridized carbons (Fsp3) is 0.875. The first-order chi connectivity index (χ1) is 10.5. The zero-order valence-corrected chi connectivity index (χ0v) is 17.2. The molecule has 2 aliphatic heterocycles. The Bertz CT molecular complexity index is 406. The van der Waals surface area contributed by atoms with Crippen LogP contribution in [0.2, 0.25) is 0 Å². The lowest BCUT2D eigenvalue weighted by Crippen LogP contribution is -3.00. The third kappa shape index (κ3) is 3.93. The van der Waals surface area contributed by atoms with Gasteiger partial charge < -0.3 is 30.9 Å². The summed E-state index contributed by atoms with van der Waals surface area (Å²) in [6.45, 7) is 6.74. The molecule has 2 fully saturated rings. The van der Waals surface area contributed by atoms with Gasteiger partial charge in [-0.15, -0.1) is 0 Å². The molecule has 0 aromatic carbocycles. The smallest absolute Gasteiger partial charge is 0.329 e. The van der Waals surface area contributed by atoms with E-state index in [0.29, 0.717) is 26.2 Å². The Kier molecular flexibility index (Phi) is 8.01. The third-order valence-electron chi connectivity index (χ3n) is 5.16. The van der Waals surface area contributed by atoms with Gasteiger partial charge in [0.1, 0.15) is 12.6 Å². The molecule has 0 N–H and O–H groups in total. The first-order valence-electron chi connectivity index (χ1n) is 8.31. The van der Waals surface area contributed by atoms with E-state index in [1.54, 1.807) is 13.8 Å². The first kappa shape index (κ1) is 20.9. The SMILES string of the molecule is CCOC(=O)C1(C(=O)OCC)CC(CBr)[N+]2(CCCCC2)C1.[Br-]. The van der Waals surface area contributed by atoms with Gasteiger partial charge in [-0.3, -0.25) is 9.59 Å². The van der Waals surface area contributed by atoms with Crippen molar-refractivity contribution in [1.82, 2.24) is 0 Å². The van der Waals surface area contributed by atoms with Gasteiger partial charge in [0.25, 0.3) is 0 Å². The monoisotopic (exact) mass is 455 g/mol. The van der Waals surface area contributed by atoms with Crippen LogP contribution in [-0.4, -0.2) is 60.6 Å². The number of alkyl halides is 1. The van der Waals surface area contributed by atoms with Crippen molar-refractivity contribution in [3.05, 3.63) is 0 Å². The molecule has 2 saturated heterocycles. The molecule has 2 rings (SSSR count). The van der Waals surface area contributed by atoms with Crippen molar-refractivity contribution in [2.24, 2.45) is 5.41 Å². The molecule has 7 heteroatoms. The molecule has 0 amide bonds. The Hall–Kier alpha value is -0.140. The van der Waals surface area contributed by atoms with Crippen molar-refractivity contribution in [1.29, 1.82) is 0 Å². The second-order valence-corrected chi connectivity index (χ2v) is 7.07. The number of nitrogens with zero attached hydrogens (tertiary/aromatic N) is 1. The van der Waals surface area contributed by atoms with E-state index in [9.17, 15) is 9.59 Å². The van der Waals surface area contributed by atoms with Crippen molar-refractivity contribution in [3.63, 3.8) is 0 Å². The normalized spacial score (nSPS) is 24.7. The highest BCUT2D eigenvalue weighted by atomic mass is 79.9. The lowest BCUT2D eigenvalue weighted by atomic mass is 9.85. The van der Waals surface area contributed by atoms with Crippen LogP contribution in [0, 0.1) is 5.41 Å². The number of ether oxygens (including phenoxy) is 2. The van der Waals surface area contributed by atoms with Crippen LogP contribution in [0.15, 0.2) is 0 Å². The molecule has 5 nitrogen and oxygen atoms in total. The summed E-state index contributed by atoms with van der Waals surface area (Å²) in [7, 11) is 0. The molecule has 0 bridgehead atoms. The number of hydrogen-bond donors (Lipinski definition) is 0. The molecule has 1 atom stereocenters. The maximum Gasteiger partial charge on any atom is 0.329 e. The third-order valence-corrected chi connectivity index (χ3v) is 5.91. The molecule has 2 heterocycles. The second kappa shape index (κ2) is 8.81. The Morgan fingerprint density at radius 3 is 2.04 bits per heavy atom. The summed E-state index contributed by atoms with van der Waals surface area (Å²) in [5.41, 5.74) is -1.12. The summed E-state index contributed by atoms with van der Waals surface area (Å²) >= 11 is 3.59. The van der Waals surface area contributed by atoms with Crippen LogP contribution < -0.4 is 17.0 Å². The van der Waals surface area contributed by atoms with E-state index in [1.807, 2.05) is 0 Å². The average Bonchev–Trinajstić information content (AvgIpc) is 2.84. The van der Waals surface area contributed by atoms with Gasteiger partial charge >= 0.3 is 11.9 Å². The molecular formula is C16H27Br2NO4. The number of quaternary nitrogens is 1. The molecule has 2 aliphatic rings. The van der Waals surface area contributed by atoms with Gasteiger partial charge in [0.05, 0.1) is 31.6 Å². The molecule has 134 valence electrons. The summed E-state index contributed by atoms with van der Waals surface area (Å²) in [6, 6.07) is 0.272. The second-order valence-electron chi connectivity index (χ2n) is 6.42. The highest BCUT2D eigenvalue weighted by Gasteiger charge is 2.64. The van der Waals surface area contributed by atoms with E-state index in [2.05, 4.69) is 15.9 Å². The Balaban J connectivity index is 0.00000264. The van der Waals surface area contributed by atoms with Crippen LogP contribution in [0.1, 0.15) is 39.5 Å². The van der Waals surface area contributed by atoms with Crippen LogP contribution in [0.3, 0.4) is 0 Å². The fourth-order valence-electron chi connectivity index (χ4n) is 4.11. The fourth-order valence-corrected chi connectivity index (χ4v) is 4.95. The van der Waals surface area contributed by atoms with Gasteiger partial charge in [-0.1, -0.05) is 15.9 Å². The van der Waals surface area contributed by atoms with Gasteiger partial charge in [-0.2, -0.15) is 0 Å². The molecule has 1 unspecified atom stereocenters. The number of esters is 2. The molecular weight excluding hydrogens is 430 g/mol. The molecule has 23 heavy (non-hydrogen) atoms. The Morgan fingerprint density at radius 2 is 1.61 bits per heavy atom. The highest BCUT2D eigenvalue weighted by molar-refractivity contribution is 9.09. The minimum absolute atomic E-state index is 0. The zero-order valence-electron chi connectivity index (χ0n) is 14.0. The molecule has 0 radical (unpaired) electrons. The summed E-state index contributed by atoms with van der Waals surface area (Å²) in [6.07, 6.45) is 4.08. The van der Waals surface area contributed by atoms with Gasteiger partial charge in [-0.05, 0) is 33.1 Å². The van der Waals surface area contributed by atoms with Gasteiger partial charge in [0.2, 0.25) is 5.41 Å². The van der Waals surface area contributed by atoms with E-state index >= 15 is 0 Å². The predicted octanol–water partition coefficient (Wildman–Crippen LogP) is -0.729. The number of carbonyl (C=O) groups is 2. The largest absolute Gasteiger partial charge is 1.00 e. The topological polar surface area (TPSA) is 52.6 Å². The maximum absolute atomic E-state index is 12.6. The maximum atomic E-state index is 12.6. The lowest BCUT2D eigenvalue weighted by molar-refractivity contribution is -0.942. The standard InChI is InChI=1S/C16H27BrNO4.BrH/c1-3-21-14(19)16(15(20)22-4-2)10-13(11-17)18(12-16)8-6-5-7-9-18;/h13H,3-12H2,1-2H3;1H/q+1;/p-1. The Morgan fingerprint density at radius 1 is 1.09 bits per heavy atom. The van der Waals surface area contributed by atoms with Gasteiger partial charge in [0.15, 0.2) is 0 Å². The number of hydrogen-bond acceptors (Lipinski definition) is 4. The van der Waals surface area contributed by atoms with E-state index in [0.717, 1.165) is 35.7 Å². The molecule has 0 aliphatic carbocycles. The Labute approximate surface area is 157 Å². The van der Waals surface area contributed by atoms with Crippen molar-refractivity contribution < 1.29 is 40.5 Å². The van der Waals surface area contributed by atoms with Crippen molar-refractivity contribution >= 4 is 27.9 Å². The number of carbonyl (C=O) groups excluding carboxylic acids is 2. The van der Waals surface area contributed by atoms with E-state index in [-0.39, 0.29) is 23.0 Å². The zero-order chi connectivity index (χ0) is 16.2. The summed E-state index contributed by atoms with van der Waals surface area (Å²) in [4.78, 5) is 25.2. The minimum atomic E-state index is -1.12. The van der Waals surface area contributed by atoms with Gasteiger partial charge in [0, 0.05) is 6.42 Å². The number of halogens is 2. The highest BCUT2D eigenvalue weighted by Crippen LogP contribution is 2.45. The van der Waals surface area contributed by atoms with Crippen LogP contribution in [0.4, 0.5) is 0 Å². The van der Waals surface area contributed by atoms with E-state index < -0.39 is 17.4 Å². The van der Waals surface area contributed by atoms with Crippen molar-refractivity contribution in [3.8, 4) is 0 Å². The predicted molar refractivity (Wildman–Crippen MR) is 86.6 cm³/mol. The molecule has 0 aromatic rings. The number of rotatable bonds is 5. The lowest BCUT2D eigenvalue weighted by Gasteiger charge is -2.42. The molecule has 1 spiro atoms. The molecule has 0 aromatic heterocycles. The van der Waals surface area contributed by atoms with E-state index in [4.69, 9.17) is 9.47 Å². The van der Waals surface area contributed by atoms with Crippen LogP contribution >= 0.6 is 15.9 Å².